The van der Waals surface area contributed by atoms with E-state index in [4.69, 9.17) is 14.0 Å². The van der Waals surface area contributed by atoms with Crippen LogP contribution in [-0.4, -0.2) is 46.9 Å². The standard InChI is InChI=1S/C18H25N3O5/c1-6-21(9-15-19-14(10-24-4)20-26-15)16(18(22)23)13-7-11(2)17(25-5)12(3)8-13/h7-8,16H,6,9-10H2,1-5H3,(H,22,23)/t16-/m0/s1. The summed E-state index contributed by atoms with van der Waals surface area (Å²) in [6, 6.07) is 2.86. The quantitative estimate of drug-likeness (QED) is 0.726. The van der Waals surface area contributed by atoms with E-state index in [1.807, 2.05) is 32.9 Å². The summed E-state index contributed by atoms with van der Waals surface area (Å²) in [7, 11) is 3.15. The van der Waals surface area contributed by atoms with Gasteiger partial charge in [0.25, 0.3) is 0 Å². The zero-order valence-corrected chi connectivity index (χ0v) is 15.8. The predicted octanol–water partition coefficient (Wildman–Crippen LogP) is 2.49. The van der Waals surface area contributed by atoms with Gasteiger partial charge in [-0.25, -0.2) is 0 Å². The Balaban J connectivity index is 2.32. The Morgan fingerprint density at radius 2 is 1.96 bits per heavy atom. The summed E-state index contributed by atoms with van der Waals surface area (Å²) in [6.45, 7) is 6.68. The molecule has 0 fully saturated rings. The molecular formula is C18H25N3O5. The van der Waals surface area contributed by atoms with Gasteiger partial charge in [-0.1, -0.05) is 24.2 Å². The number of aliphatic carboxylic acids is 1. The van der Waals surface area contributed by atoms with Gasteiger partial charge >= 0.3 is 5.97 Å². The summed E-state index contributed by atoms with van der Waals surface area (Å²) >= 11 is 0. The number of ether oxygens (including phenoxy) is 2. The lowest BCUT2D eigenvalue weighted by Gasteiger charge is -2.27. The number of hydrogen-bond acceptors (Lipinski definition) is 7. The first-order valence-corrected chi connectivity index (χ1v) is 8.33. The first-order valence-electron chi connectivity index (χ1n) is 8.33. The Labute approximate surface area is 152 Å². The molecular weight excluding hydrogens is 338 g/mol. The Hall–Kier alpha value is -2.45. The number of rotatable bonds is 9. The van der Waals surface area contributed by atoms with Crippen LogP contribution in [-0.2, 0) is 22.7 Å². The molecule has 0 amide bonds. The molecule has 2 rings (SSSR count). The Bertz CT molecular complexity index is 736. The summed E-state index contributed by atoms with van der Waals surface area (Å²) < 4.78 is 15.5. The second kappa shape index (κ2) is 8.77. The van der Waals surface area contributed by atoms with Gasteiger partial charge in [-0.2, -0.15) is 4.98 Å². The van der Waals surface area contributed by atoms with Crippen molar-refractivity contribution in [3.8, 4) is 5.75 Å². The van der Waals surface area contributed by atoms with Crippen molar-refractivity contribution in [2.45, 2.75) is 40.0 Å². The predicted molar refractivity (Wildman–Crippen MR) is 93.9 cm³/mol. The third-order valence-corrected chi connectivity index (χ3v) is 4.13. The molecule has 0 aliphatic carbocycles. The van der Waals surface area contributed by atoms with Gasteiger partial charge < -0.3 is 19.1 Å². The lowest BCUT2D eigenvalue weighted by molar-refractivity contribution is -0.144. The molecule has 1 atom stereocenters. The highest BCUT2D eigenvalue weighted by molar-refractivity contribution is 5.76. The van der Waals surface area contributed by atoms with E-state index in [1.54, 1.807) is 19.1 Å². The number of nitrogens with zero attached hydrogens (tertiary/aromatic N) is 3. The minimum atomic E-state index is -0.938. The second-order valence-corrected chi connectivity index (χ2v) is 6.03. The Kier molecular flexibility index (Phi) is 6.70. The van der Waals surface area contributed by atoms with Crippen molar-refractivity contribution in [1.82, 2.24) is 15.0 Å². The van der Waals surface area contributed by atoms with Gasteiger partial charge in [-0.05, 0) is 37.1 Å². The molecule has 1 N–H and O–H groups in total. The van der Waals surface area contributed by atoms with Crippen LogP contribution in [0.5, 0.6) is 5.75 Å². The largest absolute Gasteiger partial charge is 0.496 e. The van der Waals surface area contributed by atoms with Crippen molar-refractivity contribution in [1.29, 1.82) is 0 Å². The summed E-state index contributed by atoms with van der Waals surface area (Å²) in [5.74, 6) is 0.614. The summed E-state index contributed by atoms with van der Waals surface area (Å²) in [5, 5.41) is 13.7. The highest BCUT2D eigenvalue weighted by atomic mass is 16.5. The third kappa shape index (κ3) is 4.39. The zero-order chi connectivity index (χ0) is 19.3. The van der Waals surface area contributed by atoms with E-state index in [0.717, 1.165) is 16.9 Å². The molecule has 1 heterocycles. The lowest BCUT2D eigenvalue weighted by Crippen LogP contribution is -2.34. The van der Waals surface area contributed by atoms with Crippen LogP contribution >= 0.6 is 0 Å². The molecule has 142 valence electrons. The first kappa shape index (κ1) is 19.9. The first-order chi connectivity index (χ1) is 12.4. The molecule has 0 saturated carbocycles. The number of carbonyl (C=O) groups is 1. The van der Waals surface area contributed by atoms with Crippen LogP contribution in [0.3, 0.4) is 0 Å². The second-order valence-electron chi connectivity index (χ2n) is 6.03. The van der Waals surface area contributed by atoms with E-state index in [-0.39, 0.29) is 13.2 Å². The van der Waals surface area contributed by atoms with Crippen LogP contribution in [0.2, 0.25) is 0 Å². The molecule has 0 saturated heterocycles. The van der Waals surface area contributed by atoms with Crippen molar-refractivity contribution in [2.24, 2.45) is 0 Å². The van der Waals surface area contributed by atoms with Crippen molar-refractivity contribution < 1.29 is 23.9 Å². The molecule has 26 heavy (non-hydrogen) atoms. The number of carboxylic acid groups (broad SMARTS) is 1. The third-order valence-electron chi connectivity index (χ3n) is 4.13. The van der Waals surface area contributed by atoms with E-state index < -0.39 is 12.0 Å². The summed E-state index contributed by atoms with van der Waals surface area (Å²) in [6.07, 6.45) is 0. The number of hydrogen-bond donors (Lipinski definition) is 1. The molecule has 1 aromatic carbocycles. The van der Waals surface area contributed by atoms with E-state index >= 15 is 0 Å². The van der Waals surface area contributed by atoms with Gasteiger partial charge in [0.1, 0.15) is 18.4 Å². The van der Waals surface area contributed by atoms with Crippen molar-refractivity contribution in [2.75, 3.05) is 20.8 Å². The molecule has 0 aliphatic heterocycles. The fourth-order valence-electron chi connectivity index (χ4n) is 3.07. The molecule has 2 aromatic rings. The number of methoxy groups -OCH3 is 2. The fourth-order valence-corrected chi connectivity index (χ4v) is 3.07. The maximum Gasteiger partial charge on any atom is 0.325 e. The maximum absolute atomic E-state index is 12.0. The van der Waals surface area contributed by atoms with E-state index in [9.17, 15) is 9.90 Å². The minimum absolute atomic E-state index is 0.230. The maximum atomic E-state index is 12.0. The molecule has 1 aromatic heterocycles. The number of benzene rings is 1. The van der Waals surface area contributed by atoms with Gasteiger partial charge in [-0.15, -0.1) is 0 Å². The average Bonchev–Trinajstić information content (AvgIpc) is 3.01. The smallest absolute Gasteiger partial charge is 0.325 e. The van der Waals surface area contributed by atoms with Crippen LogP contribution in [0, 0.1) is 13.8 Å². The van der Waals surface area contributed by atoms with Crippen molar-refractivity contribution in [3.63, 3.8) is 0 Å². The number of likely N-dealkylation sites (N-methyl/N-ethyl adjacent to an activating group) is 1. The fraction of sp³-hybridized carbons (Fsp3) is 0.500. The molecule has 0 unspecified atom stereocenters. The zero-order valence-electron chi connectivity index (χ0n) is 15.8. The molecule has 8 nitrogen and oxygen atoms in total. The summed E-state index contributed by atoms with van der Waals surface area (Å²) in [4.78, 5) is 18.0. The Morgan fingerprint density at radius 1 is 1.31 bits per heavy atom. The van der Waals surface area contributed by atoms with Crippen LogP contribution in [0.15, 0.2) is 16.7 Å². The van der Waals surface area contributed by atoms with Gasteiger partial charge in [-0.3, -0.25) is 9.69 Å². The van der Waals surface area contributed by atoms with Crippen LogP contribution in [0.1, 0.15) is 41.4 Å². The van der Waals surface area contributed by atoms with Crippen LogP contribution in [0.4, 0.5) is 0 Å². The minimum Gasteiger partial charge on any atom is -0.496 e. The molecule has 0 spiro atoms. The highest BCUT2D eigenvalue weighted by Crippen LogP contribution is 2.30. The van der Waals surface area contributed by atoms with Crippen LogP contribution < -0.4 is 4.74 Å². The lowest BCUT2D eigenvalue weighted by atomic mass is 9.99. The van der Waals surface area contributed by atoms with E-state index in [0.29, 0.717) is 23.8 Å². The average molecular weight is 363 g/mol. The SMILES string of the molecule is CCN(Cc1nc(COC)no1)[C@H](C(=O)O)c1cc(C)c(OC)c(C)c1. The molecule has 0 radical (unpaired) electrons. The number of aryl methyl sites for hydroxylation is 2. The van der Waals surface area contributed by atoms with Crippen molar-refractivity contribution >= 4 is 5.97 Å². The van der Waals surface area contributed by atoms with E-state index in [1.165, 1.54) is 0 Å². The van der Waals surface area contributed by atoms with Gasteiger partial charge in [0.05, 0.1) is 13.7 Å². The van der Waals surface area contributed by atoms with Gasteiger partial charge in [0.15, 0.2) is 5.82 Å². The van der Waals surface area contributed by atoms with Crippen molar-refractivity contribution in [3.05, 3.63) is 40.5 Å². The summed E-state index contributed by atoms with van der Waals surface area (Å²) in [5.41, 5.74) is 2.47. The Morgan fingerprint density at radius 3 is 2.46 bits per heavy atom. The number of aromatic nitrogens is 2. The topological polar surface area (TPSA) is 97.9 Å². The molecule has 0 aliphatic rings. The molecule has 8 heteroatoms. The monoisotopic (exact) mass is 363 g/mol. The normalized spacial score (nSPS) is 12.4. The van der Waals surface area contributed by atoms with Gasteiger partial charge in [0, 0.05) is 7.11 Å². The van der Waals surface area contributed by atoms with E-state index in [2.05, 4.69) is 10.1 Å². The highest BCUT2D eigenvalue weighted by Gasteiger charge is 2.29. The van der Waals surface area contributed by atoms with Gasteiger partial charge in [0.2, 0.25) is 5.89 Å². The molecule has 0 bridgehead atoms. The van der Waals surface area contributed by atoms with Crippen LogP contribution in [0.25, 0.3) is 0 Å². The number of carboxylic acids is 1.